The monoisotopic (exact) mass is 970 g/mol. The standard InChI is InChI=1S/C52H71N7O11/c1-32(3-12-47(62)55-35-6-4-33(5-7-35)23-37(53-15-22-60)27-56-16-18-57(28-48(63)64)20-21-58(19-17-56)29-49(65)66)40-8-9-41-50-42(26-46-52(40,41)70-46)51(2)14-13-36(24-34(51)25-45(50)61)54-43-10-11-44(59(67)68)39-31-69-30-38(39)43/h4-7,10-11,22,30-32,34,36-37,40-42,45-46,50,53-54,61H,3,8-9,12-21,23-29H2,1-2H3,(H,55,62)(H,63,64)(H,65,66)/t32?,34-,36?,37?,40+,41?,42?,45+,46-,50?,51-,52-/m0/s1. The van der Waals surface area contributed by atoms with Gasteiger partial charge in [0, 0.05) is 81.8 Å². The van der Waals surface area contributed by atoms with Crippen molar-refractivity contribution in [3.8, 4) is 0 Å². The van der Waals surface area contributed by atoms with Crippen LogP contribution in [0.4, 0.5) is 17.1 Å². The number of nitrogens with one attached hydrogen (secondary N) is 3. The second-order valence-electron chi connectivity index (χ2n) is 21.8. The topological polar surface area (TPSA) is 244 Å². The number of carbonyl (C=O) groups excluding carboxylic acids is 2. The fourth-order valence-corrected chi connectivity index (χ4v) is 14.3. The van der Waals surface area contributed by atoms with Gasteiger partial charge in [-0.1, -0.05) is 26.0 Å². The third-order valence-corrected chi connectivity index (χ3v) is 17.8. The van der Waals surface area contributed by atoms with Gasteiger partial charge in [0.25, 0.3) is 5.69 Å². The number of amides is 1. The van der Waals surface area contributed by atoms with Crippen molar-refractivity contribution in [3.63, 3.8) is 0 Å². The number of carboxylic acids is 2. The lowest BCUT2D eigenvalue weighted by molar-refractivity contribution is -0.383. The minimum atomic E-state index is -0.927. The van der Waals surface area contributed by atoms with E-state index in [0.717, 1.165) is 68.9 Å². The number of nitro benzene ring substituents is 1. The molecule has 6 fully saturated rings. The van der Waals surface area contributed by atoms with E-state index in [0.29, 0.717) is 98.8 Å². The maximum Gasteiger partial charge on any atom is 0.317 e. The van der Waals surface area contributed by atoms with Crippen LogP contribution < -0.4 is 16.0 Å². The lowest BCUT2D eigenvalue weighted by atomic mass is 9.46. The number of carbonyl (C=O) groups is 4. The summed E-state index contributed by atoms with van der Waals surface area (Å²) in [7, 11) is 0. The Hall–Kier alpha value is -4.98. The Kier molecular flexibility index (Phi) is 15.0. The van der Waals surface area contributed by atoms with Crippen LogP contribution in [0, 0.1) is 51.0 Å². The first-order valence-electron chi connectivity index (χ1n) is 25.6. The van der Waals surface area contributed by atoms with Crippen LogP contribution in [0.3, 0.4) is 0 Å². The summed E-state index contributed by atoms with van der Waals surface area (Å²) >= 11 is 0. The van der Waals surface area contributed by atoms with Gasteiger partial charge in [-0.3, -0.25) is 39.2 Å². The number of aliphatic carboxylic acids is 2. The predicted molar refractivity (Wildman–Crippen MR) is 261 cm³/mol. The lowest BCUT2D eigenvalue weighted by Crippen LogP contribution is -2.59. The summed E-state index contributed by atoms with van der Waals surface area (Å²) in [6.45, 7) is 8.40. The number of aldehydes is 1. The fraction of sp³-hybridized carbons (Fsp3) is 0.654. The summed E-state index contributed by atoms with van der Waals surface area (Å²) in [4.78, 5) is 65.0. The molecule has 6 aliphatic rings. The van der Waals surface area contributed by atoms with E-state index in [1.807, 2.05) is 34.1 Å². The quantitative estimate of drug-likeness (QED) is 0.0385. The van der Waals surface area contributed by atoms with Gasteiger partial charge in [-0.25, -0.2) is 0 Å². The summed E-state index contributed by atoms with van der Waals surface area (Å²) in [5.41, 5.74) is 2.48. The molecular formula is C52H71N7O11. The van der Waals surface area contributed by atoms with Crippen LogP contribution in [0.2, 0.25) is 0 Å². The minimum absolute atomic E-state index is 0.0318. The summed E-state index contributed by atoms with van der Waals surface area (Å²) in [5, 5.41) is 53.9. The van der Waals surface area contributed by atoms with Gasteiger partial charge >= 0.3 is 11.9 Å². The highest BCUT2D eigenvalue weighted by atomic mass is 16.6. The number of hydrogen-bond donors (Lipinski definition) is 6. The van der Waals surface area contributed by atoms with Crippen molar-refractivity contribution in [1.82, 2.24) is 20.0 Å². The predicted octanol–water partition coefficient (Wildman–Crippen LogP) is 5.34. The number of fused-ring (bicyclic) bond motifs is 5. The first-order chi connectivity index (χ1) is 33.6. The number of furan rings is 1. The van der Waals surface area contributed by atoms with Gasteiger partial charge in [0.15, 0.2) is 0 Å². The van der Waals surface area contributed by atoms with Crippen molar-refractivity contribution in [3.05, 3.63) is 64.6 Å². The van der Waals surface area contributed by atoms with Gasteiger partial charge in [-0.15, -0.1) is 0 Å². The molecule has 380 valence electrons. The SMILES string of the molecule is CC(CCC(=O)Nc1ccc(CC(CN2CCN(CC(=O)O)CCN(CC(=O)O)CC2)NCC=O)cc1)[C@H]1CCC2C3C(C[C@@H]4O[C@@]241)[C@@]1(C)CCC(Nc2ccc([N+](=O)[O-])c4cocc24)C[C@H]1C[C@H]3O. The molecule has 70 heavy (non-hydrogen) atoms. The zero-order valence-corrected chi connectivity index (χ0v) is 40.5. The average molecular weight is 970 g/mol. The number of non-ortho nitro benzene ring substituents is 1. The van der Waals surface area contributed by atoms with Gasteiger partial charge in [-0.05, 0) is 122 Å². The molecule has 6 unspecified atom stereocenters. The smallest absolute Gasteiger partial charge is 0.317 e. The molecule has 4 saturated carbocycles. The maximum absolute atomic E-state index is 13.4. The number of ether oxygens (including phenoxy) is 1. The third-order valence-electron chi connectivity index (χ3n) is 17.8. The molecule has 2 aliphatic heterocycles. The summed E-state index contributed by atoms with van der Waals surface area (Å²) < 4.78 is 12.3. The number of aliphatic hydroxyl groups is 1. The molecule has 1 amide bonds. The molecule has 2 saturated heterocycles. The van der Waals surface area contributed by atoms with Crippen molar-refractivity contribution in [1.29, 1.82) is 0 Å². The van der Waals surface area contributed by atoms with E-state index in [1.54, 1.807) is 18.4 Å². The van der Waals surface area contributed by atoms with Gasteiger partial charge in [0.1, 0.15) is 24.4 Å². The van der Waals surface area contributed by atoms with Gasteiger partial charge in [0.2, 0.25) is 5.91 Å². The molecule has 3 heterocycles. The average Bonchev–Trinajstić information content (AvgIpc) is 3.59. The van der Waals surface area contributed by atoms with E-state index in [-0.39, 0.29) is 77.2 Å². The molecule has 1 aromatic heterocycles. The van der Waals surface area contributed by atoms with Crippen LogP contribution in [0.5, 0.6) is 0 Å². The van der Waals surface area contributed by atoms with Crippen LogP contribution in [-0.4, -0.2) is 154 Å². The number of nitro groups is 1. The van der Waals surface area contributed by atoms with Crippen molar-refractivity contribution in [2.75, 3.05) is 76.1 Å². The molecule has 18 heteroatoms. The number of carboxylic acid groups (broad SMARTS) is 2. The van der Waals surface area contributed by atoms with Crippen LogP contribution >= 0.6 is 0 Å². The van der Waals surface area contributed by atoms with Crippen LogP contribution in [0.1, 0.15) is 77.2 Å². The molecule has 0 radical (unpaired) electrons. The Morgan fingerprint density at radius 3 is 2.26 bits per heavy atom. The maximum atomic E-state index is 13.4. The van der Waals surface area contributed by atoms with Crippen LogP contribution in [0.15, 0.2) is 53.3 Å². The molecule has 6 N–H and O–H groups in total. The highest BCUT2D eigenvalue weighted by Gasteiger charge is 2.76. The van der Waals surface area contributed by atoms with Gasteiger partial charge in [0.05, 0.1) is 47.5 Å². The second-order valence-corrected chi connectivity index (χ2v) is 21.8. The number of rotatable bonds is 19. The molecule has 0 bridgehead atoms. The van der Waals surface area contributed by atoms with Crippen molar-refractivity contribution < 1.29 is 48.6 Å². The van der Waals surface area contributed by atoms with E-state index in [2.05, 4.69) is 34.7 Å². The Labute approximate surface area is 409 Å². The van der Waals surface area contributed by atoms with Gasteiger partial charge in [-0.2, -0.15) is 0 Å². The molecular weight excluding hydrogens is 899 g/mol. The first kappa shape index (κ1) is 50.0. The zero-order valence-electron chi connectivity index (χ0n) is 40.5. The fourth-order valence-electron chi connectivity index (χ4n) is 14.3. The van der Waals surface area contributed by atoms with Crippen molar-refractivity contribution >= 4 is 52.0 Å². The van der Waals surface area contributed by atoms with E-state index >= 15 is 0 Å². The van der Waals surface area contributed by atoms with E-state index in [1.165, 1.54) is 6.26 Å². The van der Waals surface area contributed by atoms with E-state index < -0.39 is 18.0 Å². The Morgan fingerprint density at radius 2 is 1.59 bits per heavy atom. The van der Waals surface area contributed by atoms with Crippen molar-refractivity contribution in [2.24, 2.45) is 40.9 Å². The molecule has 2 aromatic carbocycles. The van der Waals surface area contributed by atoms with Crippen LogP contribution in [-0.2, 0) is 30.3 Å². The molecule has 18 nitrogen and oxygen atoms in total. The van der Waals surface area contributed by atoms with Gasteiger partial charge < -0.3 is 45.2 Å². The Morgan fingerprint density at radius 1 is 0.900 bits per heavy atom. The molecule has 3 aromatic rings. The molecule has 4 aliphatic carbocycles. The summed E-state index contributed by atoms with van der Waals surface area (Å²) in [6, 6.07) is 11.2. The molecule has 12 atom stereocenters. The highest BCUT2D eigenvalue weighted by Crippen LogP contribution is 2.72. The highest BCUT2D eigenvalue weighted by molar-refractivity contribution is 5.99. The lowest BCUT2D eigenvalue weighted by Gasteiger charge is -2.59. The molecule has 1 spiro atoms. The number of aliphatic hydroxyl groups excluding tert-OH is 1. The second kappa shape index (κ2) is 21.0. The number of nitrogens with zero attached hydrogens (tertiary/aromatic N) is 4. The largest absolute Gasteiger partial charge is 0.480 e. The molecule has 9 rings (SSSR count). The normalized spacial score (nSPS) is 32.2. The third kappa shape index (κ3) is 10.5. The number of epoxide rings is 1. The number of hydrogen-bond acceptors (Lipinski definition) is 14. The summed E-state index contributed by atoms with van der Waals surface area (Å²) in [5.74, 6) is -0.0454. The minimum Gasteiger partial charge on any atom is -0.480 e. The van der Waals surface area contributed by atoms with Crippen molar-refractivity contribution in [2.45, 2.75) is 108 Å². The van der Waals surface area contributed by atoms with Crippen LogP contribution in [0.25, 0.3) is 10.8 Å². The van der Waals surface area contributed by atoms with E-state index in [9.17, 15) is 44.6 Å². The Balaban J connectivity index is 0.761. The summed E-state index contributed by atoms with van der Waals surface area (Å²) in [6.07, 6.45) is 12.1. The number of benzene rings is 2. The first-order valence-corrected chi connectivity index (χ1v) is 25.6. The zero-order chi connectivity index (χ0) is 49.3. The van der Waals surface area contributed by atoms with E-state index in [4.69, 9.17) is 9.15 Å². The Bertz CT molecular complexity index is 2350. The number of anilines is 2.